The minimum Gasteiger partial charge on any atom is -0.484 e. The smallest absolute Gasteiger partial charge is 0.416 e. The normalized spacial score (nSPS) is 16.2. The van der Waals surface area contributed by atoms with E-state index in [2.05, 4.69) is 45.2 Å². The largest absolute Gasteiger partial charge is 0.484 e. The van der Waals surface area contributed by atoms with Crippen LogP contribution in [-0.4, -0.2) is 131 Å². The first kappa shape index (κ1) is 49.6. The number of piperazine rings is 1. The number of carbonyl (C=O) groups is 2. The van der Waals surface area contributed by atoms with Crippen LogP contribution in [0.2, 0.25) is 0 Å². The third-order valence-electron chi connectivity index (χ3n) is 12.3. The molecule has 6 aromatic rings. The van der Waals surface area contributed by atoms with Crippen LogP contribution in [-0.2, 0) is 21.9 Å². The molecule has 5 heterocycles. The molecular formula is C49H52F6N10O5. The molecule has 3 N–H and O–H groups in total. The van der Waals surface area contributed by atoms with E-state index in [1.165, 1.54) is 50.2 Å². The van der Waals surface area contributed by atoms with Crippen LogP contribution in [0.1, 0.15) is 36.8 Å². The first-order chi connectivity index (χ1) is 33.7. The summed E-state index contributed by atoms with van der Waals surface area (Å²) < 4.78 is 86.4. The van der Waals surface area contributed by atoms with Crippen LogP contribution in [0, 0.1) is 0 Å². The van der Waals surface area contributed by atoms with E-state index in [-0.39, 0.29) is 31.3 Å². The number of halogens is 6. The van der Waals surface area contributed by atoms with E-state index < -0.39 is 35.3 Å². The molecule has 2 amide bonds. The first-order valence-electron chi connectivity index (χ1n) is 23.0. The molecule has 3 fully saturated rings. The highest BCUT2D eigenvalue weighted by Crippen LogP contribution is 2.32. The fraction of sp³-hybridized carbons (Fsp3) is 0.388. The van der Waals surface area contributed by atoms with Gasteiger partial charge < -0.3 is 39.9 Å². The number of rotatable bonds is 13. The molecular weight excluding hydrogens is 923 g/mol. The summed E-state index contributed by atoms with van der Waals surface area (Å²) in [6.45, 7) is 7.68. The van der Waals surface area contributed by atoms with Gasteiger partial charge in [0.25, 0.3) is 11.8 Å². The lowest BCUT2D eigenvalue weighted by Crippen LogP contribution is -2.47. The number of benzene rings is 4. The first-order valence-corrected chi connectivity index (χ1v) is 23.0. The number of likely N-dealkylation sites (tertiary alicyclic amines) is 1. The fourth-order valence-electron chi connectivity index (χ4n) is 8.53. The molecule has 3 saturated heterocycles. The highest BCUT2D eigenvalue weighted by atomic mass is 19.4. The Morgan fingerprint density at radius 3 is 1.47 bits per heavy atom. The van der Waals surface area contributed by atoms with Gasteiger partial charge in [-0.25, -0.2) is 19.9 Å². The molecule has 0 unspecified atom stereocenters. The molecule has 0 saturated carbocycles. The maximum atomic E-state index is 12.7. The highest BCUT2D eigenvalue weighted by molar-refractivity contribution is 5.95. The molecule has 0 atom stereocenters. The molecule has 0 bridgehead atoms. The van der Waals surface area contributed by atoms with Crippen molar-refractivity contribution >= 4 is 56.9 Å². The van der Waals surface area contributed by atoms with Gasteiger partial charge in [-0.2, -0.15) is 26.3 Å². The van der Waals surface area contributed by atoms with E-state index in [9.17, 15) is 35.9 Å². The van der Waals surface area contributed by atoms with Crippen molar-refractivity contribution in [1.82, 2.24) is 29.7 Å². The van der Waals surface area contributed by atoms with E-state index >= 15 is 0 Å². The quantitative estimate of drug-likeness (QED) is 0.0977. The summed E-state index contributed by atoms with van der Waals surface area (Å²) >= 11 is 0. The van der Waals surface area contributed by atoms with Gasteiger partial charge in [-0.15, -0.1) is 0 Å². The molecule has 15 nitrogen and oxygen atoms in total. The number of alkyl halides is 6. The zero-order valence-electron chi connectivity index (χ0n) is 38.1. The van der Waals surface area contributed by atoms with Crippen LogP contribution in [0.15, 0.2) is 97.3 Å². The second kappa shape index (κ2) is 22.3. The monoisotopic (exact) mass is 974 g/mol. The van der Waals surface area contributed by atoms with E-state index in [0.717, 1.165) is 104 Å². The number of carbonyl (C=O) groups excluding carboxylic acids is 2. The number of ether oxygens (including phenoxy) is 2. The highest BCUT2D eigenvalue weighted by Gasteiger charge is 2.31. The van der Waals surface area contributed by atoms with Crippen molar-refractivity contribution < 1.29 is 50.5 Å². The standard InChI is InChI=1S/C26H28F3N5O2.C23H24F3N5O3/c27-26(28,29)19-3-6-22(7-4-19)36-17-24(35)31-20-5-8-23-18(15-20)16-30-25(32-23)34-13-9-21(10-14-34)33-11-1-2-12-33;24-23(25,26)17-1-4-19(5-2-17)34-15-21(33)28-18-3-6-20-16(13-18)14-27-22(29-20)31-9-7-30(8-10-31)11-12-32/h3-8,15-16,21H,1-2,9-14,17H2,(H,31,35);1-6,13-14,32H,7-12,15H2,(H,28,33). The minimum atomic E-state index is -4.42. The number of aromatic nitrogens is 4. The third kappa shape index (κ3) is 13.3. The Hall–Kier alpha value is -6.84. The lowest BCUT2D eigenvalue weighted by atomic mass is 10.0. The number of aliphatic hydroxyl groups is 1. The lowest BCUT2D eigenvalue weighted by molar-refractivity contribution is -0.138. The number of nitrogens with one attached hydrogen (secondary N) is 2. The van der Waals surface area contributed by atoms with Gasteiger partial charge in [0.15, 0.2) is 13.2 Å². The van der Waals surface area contributed by atoms with Gasteiger partial charge in [0, 0.05) is 86.4 Å². The summed E-state index contributed by atoms with van der Waals surface area (Å²) in [5.74, 6) is 0.842. The number of piperidine rings is 1. The number of amides is 2. The number of anilines is 4. The van der Waals surface area contributed by atoms with Crippen molar-refractivity contribution in [2.75, 3.05) is 99.2 Å². The van der Waals surface area contributed by atoms with Crippen molar-refractivity contribution in [3.05, 3.63) is 108 Å². The SMILES string of the molecule is O=C(COc1ccc(C(F)(F)F)cc1)Nc1ccc2nc(N3CCC(N4CCCC4)CC3)ncc2c1.O=C(COc1ccc(C(F)(F)F)cc1)Nc1ccc2nc(N3CCN(CCO)CC3)ncc2c1. The van der Waals surface area contributed by atoms with Crippen LogP contribution in [0.4, 0.5) is 49.6 Å². The van der Waals surface area contributed by atoms with Crippen LogP contribution in [0.3, 0.4) is 0 Å². The maximum Gasteiger partial charge on any atom is 0.416 e. The van der Waals surface area contributed by atoms with Crippen LogP contribution < -0.4 is 29.9 Å². The summed E-state index contributed by atoms with van der Waals surface area (Å²) in [5.41, 5.74) is 1.07. The summed E-state index contributed by atoms with van der Waals surface area (Å²) in [4.78, 5) is 52.0. The second-order valence-corrected chi connectivity index (χ2v) is 17.1. The lowest BCUT2D eigenvalue weighted by Gasteiger charge is -2.36. The average Bonchev–Trinajstić information content (AvgIpc) is 3.91. The third-order valence-corrected chi connectivity index (χ3v) is 12.3. The van der Waals surface area contributed by atoms with Crippen molar-refractivity contribution in [2.24, 2.45) is 0 Å². The zero-order chi connectivity index (χ0) is 49.3. The molecule has 21 heteroatoms. The van der Waals surface area contributed by atoms with Gasteiger partial charge >= 0.3 is 12.4 Å². The molecule has 2 aromatic heterocycles. The molecule has 0 spiro atoms. The summed E-state index contributed by atoms with van der Waals surface area (Å²) in [6.07, 6.45) is -0.510. The zero-order valence-corrected chi connectivity index (χ0v) is 38.1. The van der Waals surface area contributed by atoms with Gasteiger partial charge in [-0.05, 0) is 124 Å². The Morgan fingerprint density at radius 2 is 1.04 bits per heavy atom. The Balaban J connectivity index is 0.000000189. The molecule has 70 heavy (non-hydrogen) atoms. The molecule has 4 aromatic carbocycles. The number of β-amino-alcohol motifs (C(OH)–C–C–N with tert-alkyl or cyclic N) is 1. The Morgan fingerprint density at radius 1 is 0.600 bits per heavy atom. The Labute approximate surface area is 399 Å². The van der Waals surface area contributed by atoms with E-state index in [1.807, 2.05) is 6.07 Å². The summed E-state index contributed by atoms with van der Waals surface area (Å²) in [7, 11) is 0. The van der Waals surface area contributed by atoms with Gasteiger partial charge in [0.1, 0.15) is 11.5 Å². The predicted octanol–water partition coefficient (Wildman–Crippen LogP) is 7.51. The number of aliphatic hydroxyl groups excluding tert-OH is 1. The fourth-order valence-corrected chi connectivity index (χ4v) is 8.53. The van der Waals surface area contributed by atoms with Crippen LogP contribution >= 0.6 is 0 Å². The van der Waals surface area contributed by atoms with Gasteiger partial charge in [0.05, 0.1) is 28.8 Å². The Kier molecular flexibility index (Phi) is 15.8. The van der Waals surface area contributed by atoms with E-state index in [4.69, 9.17) is 19.6 Å². The molecule has 370 valence electrons. The maximum absolute atomic E-state index is 12.7. The summed E-state index contributed by atoms with van der Waals surface area (Å²) in [5, 5.41) is 16.1. The van der Waals surface area contributed by atoms with Crippen molar-refractivity contribution in [3.8, 4) is 11.5 Å². The van der Waals surface area contributed by atoms with Crippen molar-refractivity contribution in [2.45, 2.75) is 44.1 Å². The van der Waals surface area contributed by atoms with Gasteiger partial charge in [-0.1, -0.05) is 0 Å². The Bertz CT molecular complexity index is 2710. The topological polar surface area (TPSA) is 161 Å². The van der Waals surface area contributed by atoms with Crippen LogP contribution in [0.25, 0.3) is 21.8 Å². The van der Waals surface area contributed by atoms with Crippen molar-refractivity contribution in [1.29, 1.82) is 0 Å². The second-order valence-electron chi connectivity index (χ2n) is 17.1. The number of hydrogen-bond acceptors (Lipinski definition) is 13. The van der Waals surface area contributed by atoms with Gasteiger partial charge in [-0.3, -0.25) is 14.5 Å². The molecule has 9 rings (SSSR count). The van der Waals surface area contributed by atoms with Crippen LogP contribution in [0.5, 0.6) is 11.5 Å². The number of nitrogens with zero attached hydrogens (tertiary/aromatic N) is 8. The molecule has 3 aliphatic heterocycles. The number of hydrogen-bond donors (Lipinski definition) is 3. The minimum absolute atomic E-state index is 0.145. The average molecular weight is 975 g/mol. The molecule has 0 aliphatic carbocycles. The van der Waals surface area contributed by atoms with Gasteiger partial charge in [0.2, 0.25) is 11.9 Å². The van der Waals surface area contributed by atoms with E-state index in [1.54, 1.807) is 42.7 Å². The predicted molar refractivity (Wildman–Crippen MR) is 252 cm³/mol. The summed E-state index contributed by atoms with van der Waals surface area (Å²) in [6, 6.07) is 19.7. The van der Waals surface area contributed by atoms with Crippen molar-refractivity contribution in [3.63, 3.8) is 0 Å². The molecule has 0 radical (unpaired) electrons. The number of fused-ring (bicyclic) bond motifs is 2. The van der Waals surface area contributed by atoms with E-state index in [0.29, 0.717) is 29.9 Å². The molecule has 3 aliphatic rings.